The molecule has 7 nitrogen and oxygen atoms in total. The number of benzene rings is 1. The molecule has 3 N–H and O–H groups in total. The van der Waals surface area contributed by atoms with Crippen molar-refractivity contribution in [1.82, 2.24) is 9.97 Å². The Labute approximate surface area is 153 Å². The molecule has 0 amide bonds. The molecule has 0 atom stereocenters. The zero-order valence-electron chi connectivity index (χ0n) is 14.2. The number of nitriles is 2. The Kier molecular flexibility index (Phi) is 6.39. The van der Waals surface area contributed by atoms with Crippen molar-refractivity contribution in [3.05, 3.63) is 36.2 Å². The highest BCUT2D eigenvalue weighted by Gasteiger charge is 2.33. The van der Waals surface area contributed by atoms with Crippen LogP contribution in [0.15, 0.2) is 30.6 Å². The summed E-state index contributed by atoms with van der Waals surface area (Å²) in [6, 6.07) is 8.95. The Morgan fingerprint density at radius 3 is 2.30 bits per heavy atom. The summed E-state index contributed by atoms with van der Waals surface area (Å²) < 4.78 is 39.5. The molecule has 0 bridgehead atoms. The zero-order valence-corrected chi connectivity index (χ0v) is 14.2. The van der Waals surface area contributed by atoms with Crippen molar-refractivity contribution in [2.75, 3.05) is 29.0 Å². The third kappa shape index (κ3) is 4.98. The third-order valence-corrected chi connectivity index (χ3v) is 3.63. The molecule has 1 heterocycles. The molecule has 0 spiro atoms. The number of para-hydroxylation sites is 1. The number of alkyl halides is 3. The second kappa shape index (κ2) is 8.72. The molecule has 0 unspecified atom stereocenters. The van der Waals surface area contributed by atoms with Crippen molar-refractivity contribution in [3.63, 3.8) is 0 Å². The van der Waals surface area contributed by atoms with E-state index in [9.17, 15) is 13.2 Å². The number of rotatable bonds is 7. The summed E-state index contributed by atoms with van der Waals surface area (Å²) in [4.78, 5) is 9.63. The van der Waals surface area contributed by atoms with Crippen LogP contribution in [0.5, 0.6) is 0 Å². The second-order valence-electron chi connectivity index (χ2n) is 5.43. The number of aromatic nitrogens is 2. The molecule has 140 valence electrons. The first-order valence-electron chi connectivity index (χ1n) is 7.91. The summed E-state index contributed by atoms with van der Waals surface area (Å²) in [6.07, 6.45) is -3.03. The van der Waals surface area contributed by atoms with Crippen LogP contribution in [0.4, 0.5) is 36.2 Å². The van der Waals surface area contributed by atoms with Crippen LogP contribution in [0.1, 0.15) is 18.4 Å². The van der Waals surface area contributed by atoms with E-state index in [4.69, 9.17) is 16.3 Å². The minimum atomic E-state index is -4.54. The number of hydrogen-bond donors (Lipinski definition) is 2. The SMILES string of the molecule is N#CCCN(CCC#N)c1ncnc(Nc2ccccc2C(F)(F)F)c1N. The molecule has 1 aromatic carbocycles. The molecule has 0 aliphatic heterocycles. The predicted molar refractivity (Wildman–Crippen MR) is 93.8 cm³/mol. The molecule has 0 saturated carbocycles. The van der Waals surface area contributed by atoms with E-state index < -0.39 is 11.7 Å². The van der Waals surface area contributed by atoms with Gasteiger partial charge < -0.3 is 16.0 Å². The summed E-state index contributed by atoms with van der Waals surface area (Å²) >= 11 is 0. The lowest BCUT2D eigenvalue weighted by atomic mass is 10.1. The van der Waals surface area contributed by atoms with E-state index in [1.807, 2.05) is 12.1 Å². The Hall–Kier alpha value is -3.53. The first-order valence-corrected chi connectivity index (χ1v) is 7.91. The number of hydrogen-bond acceptors (Lipinski definition) is 7. The van der Waals surface area contributed by atoms with Gasteiger partial charge in [-0.3, -0.25) is 0 Å². The predicted octanol–water partition coefficient (Wildman–Crippen LogP) is 3.45. The average Bonchev–Trinajstić information content (AvgIpc) is 2.64. The highest BCUT2D eigenvalue weighted by molar-refractivity contribution is 5.79. The Morgan fingerprint density at radius 2 is 1.70 bits per heavy atom. The van der Waals surface area contributed by atoms with E-state index in [-0.39, 0.29) is 48.9 Å². The van der Waals surface area contributed by atoms with Gasteiger partial charge in [0.2, 0.25) is 0 Å². The van der Waals surface area contributed by atoms with Crippen molar-refractivity contribution < 1.29 is 13.2 Å². The highest BCUT2D eigenvalue weighted by Crippen LogP contribution is 2.37. The fourth-order valence-electron chi connectivity index (χ4n) is 2.40. The Morgan fingerprint density at radius 1 is 1.07 bits per heavy atom. The fourth-order valence-corrected chi connectivity index (χ4v) is 2.40. The quantitative estimate of drug-likeness (QED) is 0.761. The van der Waals surface area contributed by atoms with Gasteiger partial charge in [-0.2, -0.15) is 23.7 Å². The molecule has 0 fully saturated rings. The van der Waals surface area contributed by atoms with Crippen LogP contribution in [0.3, 0.4) is 0 Å². The maximum Gasteiger partial charge on any atom is 0.418 e. The summed E-state index contributed by atoms with van der Waals surface area (Å²) in [6.45, 7) is 0.552. The smallest absolute Gasteiger partial charge is 0.393 e. The van der Waals surface area contributed by atoms with Gasteiger partial charge in [0.1, 0.15) is 12.0 Å². The van der Waals surface area contributed by atoms with Gasteiger partial charge in [-0.05, 0) is 12.1 Å². The molecule has 0 saturated heterocycles. The summed E-state index contributed by atoms with van der Waals surface area (Å²) in [5.41, 5.74) is 5.05. The van der Waals surface area contributed by atoms with Gasteiger partial charge in [0.05, 0.1) is 36.2 Å². The van der Waals surface area contributed by atoms with Crippen LogP contribution in [0.25, 0.3) is 0 Å². The third-order valence-electron chi connectivity index (χ3n) is 3.63. The van der Waals surface area contributed by atoms with Crippen molar-refractivity contribution in [2.24, 2.45) is 0 Å². The van der Waals surface area contributed by atoms with Crippen LogP contribution in [0, 0.1) is 22.7 Å². The number of nitrogens with one attached hydrogen (secondary N) is 1. The van der Waals surface area contributed by atoms with Gasteiger partial charge in [0.25, 0.3) is 0 Å². The summed E-state index contributed by atoms with van der Waals surface area (Å²) in [7, 11) is 0. The van der Waals surface area contributed by atoms with Crippen molar-refractivity contribution in [1.29, 1.82) is 10.5 Å². The van der Waals surface area contributed by atoms with Crippen LogP contribution < -0.4 is 16.0 Å². The molecule has 10 heteroatoms. The normalized spacial score (nSPS) is 10.7. The molecular formula is C17H16F3N7. The van der Waals surface area contributed by atoms with Crippen LogP contribution in [-0.2, 0) is 6.18 Å². The van der Waals surface area contributed by atoms with E-state index in [1.54, 1.807) is 4.90 Å². The number of nitrogens with two attached hydrogens (primary N) is 1. The number of nitrogen functional groups attached to an aromatic ring is 1. The van der Waals surface area contributed by atoms with E-state index in [0.29, 0.717) is 0 Å². The van der Waals surface area contributed by atoms with Gasteiger partial charge in [-0.25, -0.2) is 9.97 Å². The fraction of sp³-hybridized carbons (Fsp3) is 0.294. The second-order valence-corrected chi connectivity index (χ2v) is 5.43. The van der Waals surface area contributed by atoms with Gasteiger partial charge in [-0.15, -0.1) is 0 Å². The standard InChI is InChI=1S/C17H16F3N7/c18-17(19,20)12-5-1-2-6-13(12)26-15-14(23)16(25-11-24-15)27(9-3-7-21)10-4-8-22/h1-2,5-6,11H,3-4,9-10,23H2,(H,24,25,26). The van der Waals surface area contributed by atoms with Gasteiger partial charge in [0.15, 0.2) is 11.6 Å². The average molecular weight is 375 g/mol. The lowest BCUT2D eigenvalue weighted by Crippen LogP contribution is -2.27. The largest absolute Gasteiger partial charge is 0.418 e. The monoisotopic (exact) mass is 375 g/mol. The van der Waals surface area contributed by atoms with Crippen LogP contribution in [-0.4, -0.2) is 23.1 Å². The number of anilines is 4. The first kappa shape index (κ1) is 19.8. The zero-order chi connectivity index (χ0) is 19.9. The van der Waals surface area contributed by atoms with E-state index in [0.717, 1.165) is 12.4 Å². The molecule has 1 aromatic heterocycles. The highest BCUT2D eigenvalue weighted by atomic mass is 19.4. The first-order chi connectivity index (χ1) is 12.9. The van der Waals surface area contributed by atoms with Crippen LogP contribution in [0.2, 0.25) is 0 Å². The maximum absolute atomic E-state index is 13.2. The molecule has 0 aliphatic carbocycles. The minimum absolute atomic E-state index is 0.00983. The van der Waals surface area contributed by atoms with E-state index in [2.05, 4.69) is 15.3 Å². The molecular weight excluding hydrogens is 359 g/mol. The molecule has 0 radical (unpaired) electrons. The van der Waals surface area contributed by atoms with Crippen LogP contribution >= 0.6 is 0 Å². The summed E-state index contributed by atoms with van der Waals surface area (Å²) in [5.74, 6) is 0.262. The van der Waals surface area contributed by atoms with E-state index >= 15 is 0 Å². The lowest BCUT2D eigenvalue weighted by Gasteiger charge is -2.24. The summed E-state index contributed by atoms with van der Waals surface area (Å²) in [5, 5.41) is 20.2. The lowest BCUT2D eigenvalue weighted by molar-refractivity contribution is -0.136. The van der Waals surface area contributed by atoms with E-state index in [1.165, 1.54) is 18.2 Å². The van der Waals surface area contributed by atoms with Crippen molar-refractivity contribution in [3.8, 4) is 12.1 Å². The van der Waals surface area contributed by atoms with Gasteiger partial charge >= 0.3 is 6.18 Å². The molecule has 2 rings (SSSR count). The molecule has 27 heavy (non-hydrogen) atoms. The molecule has 0 aliphatic rings. The Bertz CT molecular complexity index is 850. The van der Waals surface area contributed by atoms with Crippen molar-refractivity contribution in [2.45, 2.75) is 19.0 Å². The van der Waals surface area contributed by atoms with Gasteiger partial charge in [0, 0.05) is 13.1 Å². The minimum Gasteiger partial charge on any atom is -0.393 e. The number of nitrogens with zero attached hydrogens (tertiary/aromatic N) is 5. The topological polar surface area (TPSA) is 115 Å². The Balaban J connectivity index is 2.37. The van der Waals surface area contributed by atoms with Gasteiger partial charge in [-0.1, -0.05) is 12.1 Å². The number of halogens is 3. The molecule has 2 aromatic rings. The van der Waals surface area contributed by atoms with Crippen molar-refractivity contribution >= 4 is 23.0 Å². The maximum atomic E-state index is 13.2.